The lowest BCUT2D eigenvalue weighted by atomic mass is 9.49. The first-order valence-electron chi connectivity index (χ1n) is 8.69. The summed E-state index contributed by atoms with van der Waals surface area (Å²) in [4.78, 5) is 0. The second-order valence-electron chi connectivity index (χ2n) is 7.90. The van der Waals surface area contributed by atoms with Crippen molar-refractivity contribution < 1.29 is 0 Å². The molecular weight excluding hydrogens is 278 g/mol. The fourth-order valence-electron chi connectivity index (χ4n) is 5.72. The van der Waals surface area contributed by atoms with Gasteiger partial charge in [0, 0.05) is 11.5 Å². The van der Waals surface area contributed by atoms with Crippen LogP contribution in [0.4, 0.5) is 0 Å². The fourth-order valence-corrected chi connectivity index (χ4v) is 6.51. The van der Waals surface area contributed by atoms with Gasteiger partial charge in [0.15, 0.2) is 5.16 Å². The fraction of sp³-hybridized carbons (Fsp3) is 0.882. The Morgan fingerprint density at radius 1 is 1.10 bits per heavy atom. The number of hydrogen-bond acceptors (Lipinski definition) is 3. The monoisotopic (exact) mass is 305 g/mol. The van der Waals surface area contributed by atoms with Crippen LogP contribution in [0.1, 0.15) is 71.2 Å². The van der Waals surface area contributed by atoms with Gasteiger partial charge in [-0.05, 0) is 75.9 Å². The Kier molecular flexibility index (Phi) is 3.36. The quantitative estimate of drug-likeness (QED) is 0.771. The molecule has 0 aromatic carbocycles. The molecule has 1 heterocycles. The van der Waals surface area contributed by atoms with Gasteiger partial charge < -0.3 is 4.57 Å². The first kappa shape index (κ1) is 14.1. The van der Waals surface area contributed by atoms with Crippen molar-refractivity contribution in [1.82, 2.24) is 14.8 Å². The van der Waals surface area contributed by atoms with Crippen molar-refractivity contribution in [3.8, 4) is 0 Å². The van der Waals surface area contributed by atoms with E-state index in [-0.39, 0.29) is 0 Å². The molecule has 4 heteroatoms. The number of hydrogen-bond donors (Lipinski definition) is 0. The normalized spacial score (nSPS) is 37.6. The number of rotatable bonds is 4. The topological polar surface area (TPSA) is 30.7 Å². The summed E-state index contributed by atoms with van der Waals surface area (Å²) in [7, 11) is 0. The summed E-state index contributed by atoms with van der Waals surface area (Å²) in [6.45, 7) is 6.77. The van der Waals surface area contributed by atoms with Crippen LogP contribution < -0.4 is 0 Å². The average Bonchev–Trinajstić information content (AvgIpc) is 2.82. The summed E-state index contributed by atoms with van der Waals surface area (Å²) >= 11 is 1.84. The van der Waals surface area contributed by atoms with Crippen molar-refractivity contribution in [2.75, 3.05) is 5.75 Å². The van der Waals surface area contributed by atoms with Crippen LogP contribution in [-0.4, -0.2) is 20.5 Å². The molecule has 0 aliphatic heterocycles. The van der Waals surface area contributed by atoms with Crippen LogP contribution in [0.3, 0.4) is 0 Å². The average molecular weight is 305 g/mol. The van der Waals surface area contributed by atoms with Crippen molar-refractivity contribution >= 4 is 11.8 Å². The smallest absolute Gasteiger partial charge is 0.191 e. The van der Waals surface area contributed by atoms with E-state index in [0.29, 0.717) is 11.5 Å². The predicted molar refractivity (Wildman–Crippen MR) is 86.7 cm³/mol. The van der Waals surface area contributed by atoms with Gasteiger partial charge in [-0.2, -0.15) is 0 Å². The Morgan fingerprint density at radius 2 is 1.67 bits per heavy atom. The van der Waals surface area contributed by atoms with Gasteiger partial charge in [-0.3, -0.25) is 0 Å². The lowest BCUT2D eigenvalue weighted by molar-refractivity contribution is -0.0118. The zero-order chi connectivity index (χ0) is 14.6. The first-order valence-corrected chi connectivity index (χ1v) is 9.68. The van der Waals surface area contributed by atoms with Crippen LogP contribution in [0.2, 0.25) is 0 Å². The molecule has 1 aromatic rings. The third-order valence-electron chi connectivity index (χ3n) is 5.97. The van der Waals surface area contributed by atoms with Gasteiger partial charge in [0.25, 0.3) is 0 Å². The highest BCUT2D eigenvalue weighted by molar-refractivity contribution is 7.99. The molecule has 0 unspecified atom stereocenters. The second-order valence-corrected chi connectivity index (χ2v) is 9.13. The number of nitrogens with zero attached hydrogens (tertiary/aromatic N) is 3. The van der Waals surface area contributed by atoms with Gasteiger partial charge in [0.2, 0.25) is 0 Å². The lowest BCUT2D eigenvalue weighted by Crippen LogP contribution is -2.49. The minimum absolute atomic E-state index is 0.360. The second kappa shape index (κ2) is 5.00. The molecule has 4 aliphatic rings. The molecular formula is C17H27N3S. The summed E-state index contributed by atoms with van der Waals surface area (Å²) in [6, 6.07) is 0.469. The van der Waals surface area contributed by atoms with Crippen LogP contribution in [-0.2, 0) is 5.41 Å². The summed E-state index contributed by atoms with van der Waals surface area (Å²) in [6.07, 6.45) is 8.60. The maximum absolute atomic E-state index is 4.74. The maximum Gasteiger partial charge on any atom is 0.191 e. The Labute approximate surface area is 132 Å². The van der Waals surface area contributed by atoms with Gasteiger partial charge in [-0.25, -0.2) is 0 Å². The third kappa shape index (κ3) is 2.16. The van der Waals surface area contributed by atoms with Crippen LogP contribution in [0, 0.1) is 17.8 Å². The van der Waals surface area contributed by atoms with E-state index < -0.39 is 0 Å². The SMILES string of the molecule is CCSc1nnc(C23CC4CC(CC(C4)C2)C3)n1C(C)C. The highest BCUT2D eigenvalue weighted by atomic mass is 32.2. The molecule has 4 saturated carbocycles. The van der Waals surface area contributed by atoms with E-state index in [1.165, 1.54) is 44.3 Å². The minimum Gasteiger partial charge on any atom is -0.303 e. The van der Waals surface area contributed by atoms with Gasteiger partial charge >= 0.3 is 0 Å². The summed E-state index contributed by atoms with van der Waals surface area (Å²) in [5, 5.41) is 10.4. The molecule has 0 amide bonds. The molecule has 0 saturated heterocycles. The molecule has 116 valence electrons. The van der Waals surface area contributed by atoms with E-state index in [2.05, 4.69) is 30.4 Å². The molecule has 4 bridgehead atoms. The molecule has 3 nitrogen and oxygen atoms in total. The van der Waals surface area contributed by atoms with E-state index in [1.807, 2.05) is 11.8 Å². The van der Waals surface area contributed by atoms with Gasteiger partial charge in [0.05, 0.1) is 0 Å². The predicted octanol–water partition coefficient (Wildman–Crippen LogP) is 4.44. The van der Waals surface area contributed by atoms with E-state index >= 15 is 0 Å². The van der Waals surface area contributed by atoms with Gasteiger partial charge in [-0.1, -0.05) is 18.7 Å². The largest absolute Gasteiger partial charge is 0.303 e. The lowest BCUT2D eigenvalue weighted by Gasteiger charge is -2.56. The van der Waals surface area contributed by atoms with E-state index in [4.69, 9.17) is 5.10 Å². The van der Waals surface area contributed by atoms with Crippen LogP contribution in [0.15, 0.2) is 5.16 Å². The van der Waals surface area contributed by atoms with Crippen molar-refractivity contribution in [2.24, 2.45) is 17.8 Å². The zero-order valence-electron chi connectivity index (χ0n) is 13.5. The van der Waals surface area contributed by atoms with Crippen LogP contribution >= 0.6 is 11.8 Å². The van der Waals surface area contributed by atoms with Crippen LogP contribution in [0.25, 0.3) is 0 Å². The molecule has 1 aromatic heterocycles. The Balaban J connectivity index is 1.76. The van der Waals surface area contributed by atoms with E-state index in [0.717, 1.165) is 28.7 Å². The molecule has 0 spiro atoms. The van der Waals surface area contributed by atoms with Crippen LogP contribution in [0.5, 0.6) is 0 Å². The van der Waals surface area contributed by atoms with E-state index in [1.54, 1.807) is 0 Å². The van der Waals surface area contributed by atoms with Crippen molar-refractivity contribution in [2.45, 2.75) is 75.9 Å². The first-order chi connectivity index (χ1) is 10.1. The number of thioether (sulfide) groups is 1. The van der Waals surface area contributed by atoms with Crippen molar-refractivity contribution in [3.05, 3.63) is 5.82 Å². The Hall–Kier alpha value is -0.510. The Morgan fingerprint density at radius 3 is 2.14 bits per heavy atom. The van der Waals surface area contributed by atoms with Gasteiger partial charge in [-0.15, -0.1) is 10.2 Å². The zero-order valence-corrected chi connectivity index (χ0v) is 14.3. The summed E-state index contributed by atoms with van der Waals surface area (Å²) in [5.74, 6) is 5.31. The van der Waals surface area contributed by atoms with E-state index in [9.17, 15) is 0 Å². The molecule has 0 radical (unpaired) electrons. The molecule has 0 atom stereocenters. The Bertz CT molecular complexity index is 499. The molecule has 21 heavy (non-hydrogen) atoms. The molecule has 4 aliphatic carbocycles. The van der Waals surface area contributed by atoms with Gasteiger partial charge in [0.1, 0.15) is 5.82 Å². The maximum atomic E-state index is 4.74. The van der Waals surface area contributed by atoms with Crippen molar-refractivity contribution in [3.63, 3.8) is 0 Å². The summed E-state index contributed by atoms with van der Waals surface area (Å²) in [5.41, 5.74) is 0.360. The van der Waals surface area contributed by atoms with Crippen molar-refractivity contribution in [1.29, 1.82) is 0 Å². The minimum atomic E-state index is 0.360. The number of aromatic nitrogens is 3. The highest BCUT2D eigenvalue weighted by Crippen LogP contribution is 2.60. The highest BCUT2D eigenvalue weighted by Gasteiger charge is 2.54. The molecule has 5 rings (SSSR count). The summed E-state index contributed by atoms with van der Waals surface area (Å²) < 4.78 is 2.46. The molecule has 0 N–H and O–H groups in total. The third-order valence-corrected chi connectivity index (χ3v) is 6.79. The standard InChI is InChI=1S/C17H27N3S/c1-4-21-16-19-18-15(20(16)11(2)3)17-8-12-5-13(9-17)7-14(6-12)10-17/h11-14H,4-10H2,1-3H3. The molecule has 4 fully saturated rings.